The van der Waals surface area contributed by atoms with Gasteiger partial charge in [0.25, 0.3) is 0 Å². The maximum absolute atomic E-state index is 6.12. The molecule has 6 heteroatoms. The highest BCUT2D eigenvalue weighted by atomic mass is 35.5. The van der Waals surface area contributed by atoms with E-state index in [1.54, 1.807) is 12.1 Å². The van der Waals surface area contributed by atoms with E-state index in [2.05, 4.69) is 15.2 Å². The van der Waals surface area contributed by atoms with E-state index in [-0.39, 0.29) is 6.10 Å². The van der Waals surface area contributed by atoms with Crippen molar-refractivity contribution in [2.24, 2.45) is 0 Å². The standard InChI is InChI=1S/C12H17Cl2N3O/c1-15-6-9-7-17(4-5-18-9)8-11-10(13)2-3-12(14)16-11/h2-3,9,15H,4-8H2,1H3. The van der Waals surface area contributed by atoms with Gasteiger partial charge in [0.1, 0.15) is 5.15 Å². The number of hydrogen-bond donors (Lipinski definition) is 1. The van der Waals surface area contributed by atoms with E-state index in [0.29, 0.717) is 16.7 Å². The zero-order valence-corrected chi connectivity index (χ0v) is 11.8. The van der Waals surface area contributed by atoms with Gasteiger partial charge in [0, 0.05) is 26.2 Å². The largest absolute Gasteiger partial charge is 0.374 e. The lowest BCUT2D eigenvalue weighted by Gasteiger charge is -2.32. The van der Waals surface area contributed by atoms with Gasteiger partial charge in [0.2, 0.25) is 0 Å². The molecule has 0 aromatic carbocycles. The van der Waals surface area contributed by atoms with Crippen LogP contribution < -0.4 is 5.32 Å². The second kappa shape index (κ2) is 6.68. The Kier molecular flexibility index (Phi) is 5.21. The van der Waals surface area contributed by atoms with Gasteiger partial charge in [-0.2, -0.15) is 0 Å². The molecule has 1 aromatic rings. The molecular weight excluding hydrogens is 273 g/mol. The summed E-state index contributed by atoms with van der Waals surface area (Å²) >= 11 is 12.0. The second-order valence-electron chi connectivity index (χ2n) is 4.35. The molecule has 2 heterocycles. The Morgan fingerprint density at radius 3 is 3.11 bits per heavy atom. The first-order chi connectivity index (χ1) is 8.69. The number of halogens is 2. The molecule has 1 aliphatic heterocycles. The van der Waals surface area contributed by atoms with Crippen LogP contribution in [-0.4, -0.2) is 49.3 Å². The number of likely N-dealkylation sites (N-methyl/N-ethyl adjacent to an activating group) is 1. The van der Waals surface area contributed by atoms with Gasteiger partial charge in [-0.3, -0.25) is 4.90 Å². The molecule has 0 spiro atoms. The van der Waals surface area contributed by atoms with Crippen LogP contribution in [0, 0.1) is 0 Å². The Balaban J connectivity index is 1.98. The minimum atomic E-state index is 0.224. The number of nitrogens with one attached hydrogen (secondary N) is 1. The molecule has 1 atom stereocenters. The van der Waals surface area contributed by atoms with Crippen LogP contribution in [-0.2, 0) is 11.3 Å². The number of ether oxygens (including phenoxy) is 1. The summed E-state index contributed by atoms with van der Waals surface area (Å²) in [6.07, 6.45) is 0.224. The highest BCUT2D eigenvalue weighted by Gasteiger charge is 2.20. The third kappa shape index (κ3) is 3.80. The van der Waals surface area contributed by atoms with E-state index < -0.39 is 0 Å². The molecule has 1 N–H and O–H groups in total. The van der Waals surface area contributed by atoms with Crippen molar-refractivity contribution in [3.05, 3.63) is 28.0 Å². The molecule has 1 aromatic heterocycles. The molecule has 1 fully saturated rings. The summed E-state index contributed by atoms with van der Waals surface area (Å²) < 4.78 is 5.66. The summed E-state index contributed by atoms with van der Waals surface area (Å²) in [6.45, 7) is 4.08. The molecule has 0 aliphatic carbocycles. The third-order valence-electron chi connectivity index (χ3n) is 2.91. The summed E-state index contributed by atoms with van der Waals surface area (Å²) in [4.78, 5) is 6.56. The van der Waals surface area contributed by atoms with Crippen LogP contribution in [0.5, 0.6) is 0 Å². The van der Waals surface area contributed by atoms with Crippen LogP contribution in [0.25, 0.3) is 0 Å². The Bertz CT molecular complexity index is 401. The van der Waals surface area contributed by atoms with Crippen molar-refractivity contribution >= 4 is 23.2 Å². The number of rotatable bonds is 4. The van der Waals surface area contributed by atoms with Gasteiger partial charge in [-0.25, -0.2) is 4.98 Å². The molecule has 1 unspecified atom stereocenters. The molecule has 0 saturated carbocycles. The summed E-state index contributed by atoms with van der Waals surface area (Å²) in [7, 11) is 1.93. The van der Waals surface area contributed by atoms with E-state index >= 15 is 0 Å². The van der Waals surface area contributed by atoms with Gasteiger partial charge in [-0.1, -0.05) is 23.2 Å². The second-order valence-corrected chi connectivity index (χ2v) is 5.14. The molecule has 18 heavy (non-hydrogen) atoms. The van der Waals surface area contributed by atoms with Crippen LogP contribution in [0.2, 0.25) is 10.2 Å². The van der Waals surface area contributed by atoms with E-state index in [4.69, 9.17) is 27.9 Å². The van der Waals surface area contributed by atoms with E-state index in [1.807, 2.05) is 7.05 Å². The number of hydrogen-bond acceptors (Lipinski definition) is 4. The molecule has 100 valence electrons. The fraction of sp³-hybridized carbons (Fsp3) is 0.583. The van der Waals surface area contributed by atoms with Crippen molar-refractivity contribution in [3.63, 3.8) is 0 Å². The highest BCUT2D eigenvalue weighted by Crippen LogP contribution is 2.19. The molecule has 2 rings (SSSR count). The van der Waals surface area contributed by atoms with E-state index in [9.17, 15) is 0 Å². The quantitative estimate of drug-likeness (QED) is 0.858. The summed E-state index contributed by atoms with van der Waals surface area (Å²) in [5.41, 5.74) is 0.828. The zero-order chi connectivity index (χ0) is 13.0. The van der Waals surface area contributed by atoms with Crippen LogP contribution >= 0.6 is 23.2 Å². The predicted octanol–water partition coefficient (Wildman–Crippen LogP) is 1.81. The summed E-state index contributed by atoms with van der Waals surface area (Å²) in [6, 6.07) is 3.49. The maximum atomic E-state index is 6.12. The first kappa shape index (κ1) is 14.0. The fourth-order valence-electron chi connectivity index (χ4n) is 2.06. The highest BCUT2D eigenvalue weighted by molar-refractivity contribution is 6.32. The Hall–Kier alpha value is -0.390. The normalized spacial score (nSPS) is 21.2. The first-order valence-electron chi connectivity index (χ1n) is 5.98. The van der Waals surface area contributed by atoms with Gasteiger partial charge in [-0.05, 0) is 19.2 Å². The van der Waals surface area contributed by atoms with Gasteiger partial charge < -0.3 is 10.1 Å². The van der Waals surface area contributed by atoms with Crippen molar-refractivity contribution in [1.82, 2.24) is 15.2 Å². The molecule has 0 bridgehead atoms. The third-order valence-corrected chi connectivity index (χ3v) is 3.47. The average Bonchev–Trinajstić information content (AvgIpc) is 2.35. The Labute approximate surface area is 117 Å². The van der Waals surface area contributed by atoms with Crippen LogP contribution in [0.4, 0.5) is 0 Å². The van der Waals surface area contributed by atoms with Gasteiger partial charge in [0.05, 0.1) is 23.4 Å². The minimum absolute atomic E-state index is 0.224. The SMILES string of the molecule is CNCC1CN(Cc2nc(Cl)ccc2Cl)CCO1. The molecular formula is C12H17Cl2N3O. The number of aromatic nitrogens is 1. The van der Waals surface area contributed by atoms with E-state index in [0.717, 1.165) is 31.9 Å². The van der Waals surface area contributed by atoms with Gasteiger partial charge in [0.15, 0.2) is 0 Å². The summed E-state index contributed by atoms with van der Waals surface area (Å²) in [5, 5.41) is 4.27. The predicted molar refractivity (Wildman–Crippen MR) is 73.2 cm³/mol. The molecule has 1 saturated heterocycles. The number of pyridine rings is 1. The van der Waals surface area contributed by atoms with Crippen molar-refractivity contribution < 1.29 is 4.74 Å². The molecule has 0 amide bonds. The minimum Gasteiger partial charge on any atom is -0.374 e. The fourth-order valence-corrected chi connectivity index (χ4v) is 2.39. The molecule has 0 radical (unpaired) electrons. The lowest BCUT2D eigenvalue weighted by molar-refractivity contribution is -0.0294. The van der Waals surface area contributed by atoms with Crippen molar-refractivity contribution in [2.45, 2.75) is 12.6 Å². The monoisotopic (exact) mass is 289 g/mol. The zero-order valence-electron chi connectivity index (χ0n) is 10.3. The van der Waals surface area contributed by atoms with E-state index in [1.165, 1.54) is 0 Å². The molecule has 4 nitrogen and oxygen atoms in total. The first-order valence-corrected chi connectivity index (χ1v) is 6.74. The lowest BCUT2D eigenvalue weighted by Crippen LogP contribution is -2.45. The number of morpholine rings is 1. The van der Waals surface area contributed by atoms with Crippen molar-refractivity contribution in [3.8, 4) is 0 Å². The van der Waals surface area contributed by atoms with Gasteiger partial charge in [-0.15, -0.1) is 0 Å². The summed E-state index contributed by atoms with van der Waals surface area (Å²) in [5.74, 6) is 0. The van der Waals surface area contributed by atoms with Gasteiger partial charge >= 0.3 is 0 Å². The molecule has 1 aliphatic rings. The maximum Gasteiger partial charge on any atom is 0.129 e. The van der Waals surface area contributed by atoms with Crippen LogP contribution in [0.1, 0.15) is 5.69 Å². The topological polar surface area (TPSA) is 37.4 Å². The average molecular weight is 290 g/mol. The number of nitrogens with zero attached hydrogens (tertiary/aromatic N) is 2. The smallest absolute Gasteiger partial charge is 0.129 e. The van der Waals surface area contributed by atoms with Crippen molar-refractivity contribution in [2.75, 3.05) is 33.3 Å². The Morgan fingerprint density at radius 2 is 2.33 bits per heavy atom. The lowest BCUT2D eigenvalue weighted by atomic mass is 10.2. The Morgan fingerprint density at radius 1 is 1.50 bits per heavy atom. The van der Waals surface area contributed by atoms with Crippen LogP contribution in [0.15, 0.2) is 12.1 Å². The van der Waals surface area contributed by atoms with Crippen molar-refractivity contribution in [1.29, 1.82) is 0 Å². The van der Waals surface area contributed by atoms with Crippen LogP contribution in [0.3, 0.4) is 0 Å².